The smallest absolute Gasteiger partial charge is 0.317 e. The minimum atomic E-state index is -0.843. The topological polar surface area (TPSA) is 55.4 Å². The average molecular weight is 408 g/mol. The first-order valence-electron chi connectivity index (χ1n) is 7.39. The van der Waals surface area contributed by atoms with Crippen LogP contribution in [0.25, 0.3) is 0 Å². The van der Waals surface area contributed by atoms with E-state index in [9.17, 15) is 9.59 Å². The summed E-state index contributed by atoms with van der Waals surface area (Å²) < 4.78 is 6.15. The Labute approximate surface area is 154 Å². The third kappa shape index (κ3) is 6.02. The van der Waals surface area contributed by atoms with Gasteiger partial charge in [0.2, 0.25) is 0 Å². The van der Waals surface area contributed by atoms with Gasteiger partial charge in [-0.15, -0.1) is 11.8 Å². The number of benzene rings is 2. The van der Waals surface area contributed by atoms with Crippen LogP contribution in [0.5, 0.6) is 0 Å². The van der Waals surface area contributed by atoms with Gasteiger partial charge in [-0.1, -0.05) is 33.6 Å². The average Bonchev–Trinajstić information content (AvgIpc) is 2.56. The van der Waals surface area contributed by atoms with Gasteiger partial charge in [0.25, 0.3) is 5.91 Å². The predicted molar refractivity (Wildman–Crippen MR) is 100 cm³/mol. The molecule has 126 valence electrons. The van der Waals surface area contributed by atoms with E-state index in [-0.39, 0.29) is 11.7 Å². The normalized spacial score (nSPS) is 11.6. The minimum absolute atomic E-state index is 0.157. The van der Waals surface area contributed by atoms with E-state index < -0.39 is 12.1 Å². The van der Waals surface area contributed by atoms with Gasteiger partial charge < -0.3 is 10.1 Å². The molecule has 0 saturated carbocycles. The predicted octanol–water partition coefficient (Wildman–Crippen LogP) is 4.42. The van der Waals surface area contributed by atoms with E-state index in [2.05, 4.69) is 21.2 Å². The van der Waals surface area contributed by atoms with Crippen molar-refractivity contribution in [1.82, 2.24) is 0 Å². The molecule has 1 amide bonds. The SMILES string of the molecule is Cc1ccc(NC(=O)[C@@H](C)OC(=O)CSc2ccc(Br)cc2)cc1. The first-order valence-corrected chi connectivity index (χ1v) is 9.17. The molecule has 0 fully saturated rings. The Morgan fingerprint density at radius 2 is 1.75 bits per heavy atom. The highest BCUT2D eigenvalue weighted by atomic mass is 79.9. The second-order valence-corrected chi connectivity index (χ2v) is 7.19. The summed E-state index contributed by atoms with van der Waals surface area (Å²) in [7, 11) is 0. The Kier molecular flexibility index (Phi) is 6.87. The van der Waals surface area contributed by atoms with Gasteiger partial charge >= 0.3 is 5.97 Å². The molecule has 0 aliphatic carbocycles. The number of rotatable bonds is 6. The minimum Gasteiger partial charge on any atom is -0.452 e. The molecule has 4 nitrogen and oxygen atoms in total. The summed E-state index contributed by atoms with van der Waals surface area (Å²) in [5, 5.41) is 2.73. The standard InChI is InChI=1S/C18H18BrNO3S/c1-12-3-7-15(8-4-12)20-18(22)13(2)23-17(21)11-24-16-9-5-14(19)6-10-16/h3-10,13H,11H2,1-2H3,(H,20,22)/t13-/m1/s1. The molecule has 0 heterocycles. The van der Waals surface area contributed by atoms with Gasteiger partial charge in [-0.25, -0.2) is 0 Å². The fourth-order valence-corrected chi connectivity index (χ4v) is 2.78. The third-order valence-corrected chi connectivity index (χ3v) is 4.68. The second kappa shape index (κ2) is 8.89. The molecule has 1 N–H and O–H groups in total. The summed E-state index contributed by atoms with van der Waals surface area (Å²) in [4.78, 5) is 24.9. The highest BCUT2D eigenvalue weighted by Gasteiger charge is 2.18. The Balaban J connectivity index is 1.78. The van der Waals surface area contributed by atoms with Gasteiger partial charge in [-0.2, -0.15) is 0 Å². The van der Waals surface area contributed by atoms with E-state index in [0.717, 1.165) is 14.9 Å². The Morgan fingerprint density at radius 1 is 1.12 bits per heavy atom. The molecule has 0 bridgehead atoms. The van der Waals surface area contributed by atoms with Crippen LogP contribution in [0, 0.1) is 6.92 Å². The van der Waals surface area contributed by atoms with Crippen LogP contribution >= 0.6 is 27.7 Å². The molecule has 2 aromatic rings. The number of hydrogen-bond donors (Lipinski definition) is 1. The van der Waals surface area contributed by atoms with E-state index in [1.165, 1.54) is 11.8 Å². The lowest BCUT2D eigenvalue weighted by Crippen LogP contribution is -2.30. The molecule has 0 unspecified atom stereocenters. The fourth-order valence-electron chi connectivity index (χ4n) is 1.84. The first-order chi connectivity index (χ1) is 11.4. The van der Waals surface area contributed by atoms with Gasteiger partial charge in [-0.3, -0.25) is 9.59 Å². The number of esters is 1. The summed E-state index contributed by atoms with van der Waals surface area (Å²) in [6.07, 6.45) is -0.843. The van der Waals surface area contributed by atoms with Crippen molar-refractivity contribution in [2.24, 2.45) is 0 Å². The number of carbonyl (C=O) groups is 2. The molecule has 1 atom stereocenters. The number of carbonyl (C=O) groups excluding carboxylic acids is 2. The zero-order valence-corrected chi connectivity index (χ0v) is 15.8. The van der Waals surface area contributed by atoms with E-state index in [1.54, 1.807) is 6.92 Å². The Hall–Kier alpha value is -1.79. The van der Waals surface area contributed by atoms with E-state index in [4.69, 9.17) is 4.74 Å². The maximum atomic E-state index is 12.0. The molecule has 2 rings (SSSR count). The van der Waals surface area contributed by atoms with Crippen LogP contribution < -0.4 is 5.32 Å². The highest BCUT2D eigenvalue weighted by molar-refractivity contribution is 9.10. The number of halogens is 1. The Bertz CT molecular complexity index is 701. The first kappa shape index (κ1) is 18.5. The van der Waals surface area contributed by atoms with Gasteiger partial charge in [0, 0.05) is 15.1 Å². The van der Waals surface area contributed by atoms with Crippen molar-refractivity contribution in [2.45, 2.75) is 24.8 Å². The van der Waals surface area contributed by atoms with Crippen molar-refractivity contribution in [3.63, 3.8) is 0 Å². The van der Waals surface area contributed by atoms with Crippen molar-refractivity contribution < 1.29 is 14.3 Å². The number of amides is 1. The molecule has 0 radical (unpaired) electrons. The van der Waals surface area contributed by atoms with Crippen LogP contribution in [0.2, 0.25) is 0 Å². The quantitative estimate of drug-likeness (QED) is 0.568. The molecule has 0 saturated heterocycles. The summed E-state index contributed by atoms with van der Waals surface area (Å²) in [5.41, 5.74) is 1.79. The largest absolute Gasteiger partial charge is 0.452 e. The number of ether oxygens (including phenoxy) is 1. The molecule has 0 spiro atoms. The van der Waals surface area contributed by atoms with Gasteiger partial charge in [0.05, 0.1) is 5.75 Å². The molecule has 6 heteroatoms. The van der Waals surface area contributed by atoms with Crippen LogP contribution in [-0.4, -0.2) is 23.7 Å². The molecular weight excluding hydrogens is 390 g/mol. The van der Waals surface area contributed by atoms with E-state index in [0.29, 0.717) is 5.69 Å². The summed E-state index contributed by atoms with van der Waals surface area (Å²) in [6, 6.07) is 15.1. The maximum Gasteiger partial charge on any atom is 0.317 e. The van der Waals surface area contributed by atoms with E-state index >= 15 is 0 Å². The van der Waals surface area contributed by atoms with Gasteiger partial charge in [0.15, 0.2) is 6.10 Å². The number of nitrogens with one attached hydrogen (secondary N) is 1. The van der Waals surface area contributed by atoms with E-state index in [1.807, 2.05) is 55.5 Å². The van der Waals surface area contributed by atoms with Gasteiger partial charge in [0.1, 0.15) is 0 Å². The number of anilines is 1. The second-order valence-electron chi connectivity index (χ2n) is 5.23. The molecule has 0 aromatic heterocycles. The Morgan fingerprint density at radius 3 is 2.38 bits per heavy atom. The lowest BCUT2D eigenvalue weighted by atomic mass is 10.2. The highest BCUT2D eigenvalue weighted by Crippen LogP contribution is 2.20. The number of hydrogen-bond acceptors (Lipinski definition) is 4. The molecular formula is C18H18BrNO3S. The monoisotopic (exact) mass is 407 g/mol. The van der Waals surface area contributed by atoms with Crippen molar-refractivity contribution >= 4 is 45.3 Å². The van der Waals surface area contributed by atoms with Crippen LogP contribution in [0.4, 0.5) is 5.69 Å². The lowest BCUT2D eigenvalue weighted by molar-refractivity contribution is -0.150. The number of thioether (sulfide) groups is 1. The third-order valence-electron chi connectivity index (χ3n) is 3.17. The van der Waals surface area contributed by atoms with Crippen LogP contribution in [0.15, 0.2) is 57.9 Å². The van der Waals surface area contributed by atoms with Crippen LogP contribution in [0.3, 0.4) is 0 Å². The summed E-state index contributed by atoms with van der Waals surface area (Å²) in [6.45, 7) is 3.53. The molecule has 0 aliphatic rings. The lowest BCUT2D eigenvalue weighted by Gasteiger charge is -2.13. The molecule has 24 heavy (non-hydrogen) atoms. The van der Waals surface area contributed by atoms with Crippen molar-refractivity contribution in [2.75, 3.05) is 11.1 Å². The van der Waals surface area contributed by atoms with Gasteiger partial charge in [-0.05, 0) is 50.2 Å². The van der Waals surface area contributed by atoms with Crippen LogP contribution in [-0.2, 0) is 14.3 Å². The molecule has 0 aliphatic heterocycles. The maximum absolute atomic E-state index is 12.0. The van der Waals surface area contributed by atoms with Crippen molar-refractivity contribution in [3.05, 3.63) is 58.6 Å². The fraction of sp³-hybridized carbons (Fsp3) is 0.222. The summed E-state index contributed by atoms with van der Waals surface area (Å²) >= 11 is 4.73. The molecule has 2 aromatic carbocycles. The zero-order valence-electron chi connectivity index (χ0n) is 13.4. The summed E-state index contributed by atoms with van der Waals surface area (Å²) in [5.74, 6) is -0.612. The number of aryl methyl sites for hydroxylation is 1. The zero-order chi connectivity index (χ0) is 17.5. The van der Waals surface area contributed by atoms with Crippen molar-refractivity contribution in [1.29, 1.82) is 0 Å². The van der Waals surface area contributed by atoms with Crippen molar-refractivity contribution in [3.8, 4) is 0 Å². The van der Waals surface area contributed by atoms with Crippen LogP contribution in [0.1, 0.15) is 12.5 Å².